The molecule has 2 heterocycles. The number of anilines is 1. The molecule has 0 unspecified atom stereocenters. The Morgan fingerprint density at radius 1 is 1.03 bits per heavy atom. The lowest BCUT2D eigenvalue weighted by Gasteiger charge is -2.12. The SMILES string of the molecule is O=C(Nc1ccccc1[N+](=O)[O-])c1cc2cccnc2n(Cc2ccccc2)c1=O. The molecule has 0 fully saturated rings. The van der Waals surface area contributed by atoms with Gasteiger partial charge in [-0.25, -0.2) is 4.98 Å². The topological polar surface area (TPSA) is 107 Å². The van der Waals surface area contributed by atoms with Gasteiger partial charge in [0.2, 0.25) is 0 Å². The number of benzene rings is 2. The number of hydrogen-bond acceptors (Lipinski definition) is 5. The Bertz CT molecular complexity index is 1320. The maximum Gasteiger partial charge on any atom is 0.292 e. The molecule has 1 amide bonds. The Balaban J connectivity index is 1.80. The Kier molecular flexibility index (Phi) is 5.04. The molecule has 0 aliphatic carbocycles. The minimum absolute atomic E-state index is 0.0211. The fraction of sp³-hybridized carbons (Fsp3) is 0.0455. The summed E-state index contributed by atoms with van der Waals surface area (Å²) in [6.45, 7) is 0.236. The average Bonchev–Trinajstić information content (AvgIpc) is 2.76. The first-order valence-electron chi connectivity index (χ1n) is 9.12. The molecular weight excluding hydrogens is 384 g/mol. The number of nitrogens with zero attached hydrogens (tertiary/aromatic N) is 3. The molecule has 0 saturated carbocycles. The zero-order valence-corrected chi connectivity index (χ0v) is 15.7. The van der Waals surface area contributed by atoms with Crippen LogP contribution in [0.1, 0.15) is 15.9 Å². The zero-order chi connectivity index (χ0) is 21.1. The van der Waals surface area contributed by atoms with Gasteiger partial charge in [0.25, 0.3) is 17.2 Å². The van der Waals surface area contributed by atoms with Gasteiger partial charge in [-0.05, 0) is 29.8 Å². The van der Waals surface area contributed by atoms with E-state index in [1.165, 1.54) is 28.8 Å². The van der Waals surface area contributed by atoms with E-state index in [0.717, 1.165) is 5.56 Å². The predicted molar refractivity (Wildman–Crippen MR) is 113 cm³/mol. The smallest absolute Gasteiger partial charge is 0.292 e. The van der Waals surface area contributed by atoms with Gasteiger partial charge in [0.1, 0.15) is 16.9 Å². The van der Waals surface area contributed by atoms with Crippen molar-refractivity contribution in [3.63, 3.8) is 0 Å². The zero-order valence-electron chi connectivity index (χ0n) is 15.7. The van der Waals surface area contributed by atoms with Crippen LogP contribution in [0.5, 0.6) is 0 Å². The van der Waals surface area contributed by atoms with Gasteiger partial charge in [-0.3, -0.25) is 24.3 Å². The number of hydrogen-bond donors (Lipinski definition) is 1. The lowest BCUT2D eigenvalue weighted by molar-refractivity contribution is -0.383. The molecule has 8 heteroatoms. The van der Waals surface area contributed by atoms with Crippen LogP contribution in [0.15, 0.2) is 83.8 Å². The van der Waals surface area contributed by atoms with Gasteiger partial charge in [-0.15, -0.1) is 0 Å². The number of nitrogens with one attached hydrogen (secondary N) is 1. The summed E-state index contributed by atoms with van der Waals surface area (Å²) in [6.07, 6.45) is 1.58. The number of aromatic nitrogens is 2. The number of nitro benzene ring substituents is 1. The monoisotopic (exact) mass is 400 g/mol. The summed E-state index contributed by atoms with van der Waals surface area (Å²) >= 11 is 0. The molecule has 0 atom stereocenters. The van der Waals surface area contributed by atoms with E-state index in [2.05, 4.69) is 10.3 Å². The second-order valence-electron chi connectivity index (χ2n) is 6.58. The minimum atomic E-state index is -0.720. The molecular formula is C22H16N4O4. The maximum absolute atomic E-state index is 13.2. The minimum Gasteiger partial charge on any atom is -0.316 e. The highest BCUT2D eigenvalue weighted by molar-refractivity contribution is 6.06. The van der Waals surface area contributed by atoms with Crippen molar-refractivity contribution in [3.8, 4) is 0 Å². The molecule has 8 nitrogen and oxygen atoms in total. The number of fused-ring (bicyclic) bond motifs is 1. The third-order valence-electron chi connectivity index (χ3n) is 4.63. The number of pyridine rings is 2. The predicted octanol–water partition coefficient (Wildman–Crippen LogP) is 3.61. The normalized spacial score (nSPS) is 10.7. The second-order valence-corrected chi connectivity index (χ2v) is 6.58. The number of nitro groups is 1. The van der Waals surface area contributed by atoms with Crippen LogP contribution < -0.4 is 10.9 Å². The average molecular weight is 400 g/mol. The molecule has 148 valence electrons. The summed E-state index contributed by atoms with van der Waals surface area (Å²) in [6, 6.07) is 20.0. The Hall–Kier alpha value is -4.33. The summed E-state index contributed by atoms with van der Waals surface area (Å²) in [5.41, 5.74) is 0.452. The molecule has 30 heavy (non-hydrogen) atoms. The fourth-order valence-electron chi connectivity index (χ4n) is 3.21. The van der Waals surface area contributed by atoms with Crippen LogP contribution in [0, 0.1) is 10.1 Å². The van der Waals surface area contributed by atoms with Crippen molar-refractivity contribution in [2.45, 2.75) is 6.54 Å². The molecule has 2 aromatic heterocycles. The molecule has 0 spiro atoms. The van der Waals surface area contributed by atoms with Crippen molar-refractivity contribution >= 4 is 28.3 Å². The summed E-state index contributed by atoms with van der Waals surface area (Å²) in [5, 5.41) is 14.3. The number of para-hydroxylation sites is 2. The highest BCUT2D eigenvalue weighted by Crippen LogP contribution is 2.24. The molecule has 4 aromatic rings. The van der Waals surface area contributed by atoms with Crippen molar-refractivity contribution in [2.24, 2.45) is 0 Å². The first-order chi connectivity index (χ1) is 14.5. The number of carbonyl (C=O) groups excluding carboxylic acids is 1. The lowest BCUT2D eigenvalue weighted by Crippen LogP contribution is -2.30. The third kappa shape index (κ3) is 3.66. The van der Waals surface area contributed by atoms with E-state index in [1.807, 2.05) is 30.3 Å². The standard InChI is InChI=1S/C22H16N4O4/c27-21(24-18-10-4-5-11-19(18)26(29)30)17-13-16-9-6-12-23-20(16)25(22(17)28)14-15-7-2-1-3-8-15/h1-13H,14H2,(H,24,27). The van der Waals surface area contributed by atoms with Crippen molar-refractivity contribution in [1.29, 1.82) is 0 Å². The molecule has 0 aliphatic rings. The van der Waals surface area contributed by atoms with Crippen molar-refractivity contribution in [1.82, 2.24) is 9.55 Å². The Morgan fingerprint density at radius 2 is 1.77 bits per heavy atom. The van der Waals surface area contributed by atoms with Gasteiger partial charge in [-0.2, -0.15) is 0 Å². The van der Waals surface area contributed by atoms with Crippen LogP contribution in [0.3, 0.4) is 0 Å². The van der Waals surface area contributed by atoms with Gasteiger partial charge in [0.05, 0.1) is 11.5 Å². The summed E-state index contributed by atoms with van der Waals surface area (Å²) < 4.78 is 1.43. The number of amides is 1. The second kappa shape index (κ2) is 7.96. The number of rotatable bonds is 5. The summed E-state index contributed by atoms with van der Waals surface area (Å²) in [4.78, 5) is 41.0. The molecule has 0 saturated heterocycles. The molecule has 0 bridgehead atoms. The molecule has 2 aromatic carbocycles. The van der Waals surface area contributed by atoms with Crippen LogP contribution in [-0.2, 0) is 6.54 Å². The fourth-order valence-corrected chi connectivity index (χ4v) is 3.21. The van der Waals surface area contributed by atoms with E-state index in [1.54, 1.807) is 24.4 Å². The van der Waals surface area contributed by atoms with Gasteiger partial charge < -0.3 is 5.32 Å². The van der Waals surface area contributed by atoms with E-state index < -0.39 is 16.4 Å². The first kappa shape index (κ1) is 19.0. The molecule has 4 rings (SSSR count). The van der Waals surface area contributed by atoms with Crippen LogP contribution in [0.25, 0.3) is 11.0 Å². The molecule has 1 N–H and O–H groups in total. The van der Waals surface area contributed by atoms with Crippen molar-refractivity contribution < 1.29 is 9.72 Å². The summed E-state index contributed by atoms with van der Waals surface area (Å²) in [5.74, 6) is -0.720. The highest BCUT2D eigenvalue weighted by atomic mass is 16.6. The molecule has 0 aliphatic heterocycles. The van der Waals surface area contributed by atoms with E-state index in [0.29, 0.717) is 11.0 Å². The van der Waals surface area contributed by atoms with E-state index in [9.17, 15) is 19.7 Å². The van der Waals surface area contributed by atoms with Crippen LogP contribution in [0.4, 0.5) is 11.4 Å². The highest BCUT2D eigenvalue weighted by Gasteiger charge is 2.20. The maximum atomic E-state index is 13.2. The third-order valence-corrected chi connectivity index (χ3v) is 4.63. The molecule has 0 radical (unpaired) electrons. The quantitative estimate of drug-likeness (QED) is 0.407. The van der Waals surface area contributed by atoms with Crippen molar-refractivity contribution in [2.75, 3.05) is 5.32 Å². The lowest BCUT2D eigenvalue weighted by atomic mass is 10.1. The summed E-state index contributed by atoms with van der Waals surface area (Å²) in [7, 11) is 0. The van der Waals surface area contributed by atoms with Crippen molar-refractivity contribution in [3.05, 3.63) is 111 Å². The van der Waals surface area contributed by atoms with Gasteiger partial charge in [0.15, 0.2) is 0 Å². The van der Waals surface area contributed by atoms with Gasteiger partial charge in [0, 0.05) is 17.6 Å². The van der Waals surface area contributed by atoms with E-state index >= 15 is 0 Å². The largest absolute Gasteiger partial charge is 0.316 e. The van der Waals surface area contributed by atoms with E-state index in [4.69, 9.17) is 0 Å². The van der Waals surface area contributed by atoms with Gasteiger partial charge >= 0.3 is 0 Å². The Morgan fingerprint density at radius 3 is 2.53 bits per heavy atom. The van der Waals surface area contributed by atoms with Crippen LogP contribution >= 0.6 is 0 Å². The number of carbonyl (C=O) groups is 1. The van der Waals surface area contributed by atoms with Crippen LogP contribution in [0.2, 0.25) is 0 Å². The van der Waals surface area contributed by atoms with Crippen LogP contribution in [-0.4, -0.2) is 20.4 Å². The first-order valence-corrected chi connectivity index (χ1v) is 9.12. The van der Waals surface area contributed by atoms with E-state index in [-0.39, 0.29) is 23.5 Å². The Labute approximate surface area is 170 Å². The van der Waals surface area contributed by atoms with Gasteiger partial charge in [-0.1, -0.05) is 42.5 Å².